The largest absolute Gasteiger partial charge is 0.457 e. The molecule has 2 aromatic heterocycles. The number of ether oxygens (including phenoxy) is 1. The van der Waals surface area contributed by atoms with Crippen molar-refractivity contribution in [2.75, 3.05) is 16.5 Å². The summed E-state index contributed by atoms with van der Waals surface area (Å²) in [5, 5.41) is 2.30. The van der Waals surface area contributed by atoms with Crippen LogP contribution in [0.2, 0.25) is 0 Å². The highest BCUT2D eigenvalue weighted by molar-refractivity contribution is 6.09. The Morgan fingerprint density at radius 2 is 1.12 bits per heavy atom. The Bertz CT molecular complexity index is 3940. The van der Waals surface area contributed by atoms with Crippen LogP contribution in [0.4, 0.5) is 11.4 Å². The molecule has 0 spiro atoms. The number of fused-ring (bicyclic) bond motifs is 6. The smallest absolute Gasteiger partial charge is 0.137 e. The molecule has 1 aliphatic heterocycles. The van der Waals surface area contributed by atoms with Gasteiger partial charge in [0.25, 0.3) is 0 Å². The molecule has 0 fully saturated rings. The second-order valence-corrected chi connectivity index (χ2v) is 20.2. The molecule has 1 aliphatic carbocycles. The average Bonchev–Trinajstić information content (AvgIpc) is 4.21. The number of nitrogens with zero attached hydrogens (tertiary/aromatic N) is 4. The van der Waals surface area contributed by atoms with Crippen molar-refractivity contribution in [2.24, 2.45) is 0 Å². The summed E-state index contributed by atoms with van der Waals surface area (Å²) in [7, 11) is 0. The lowest BCUT2D eigenvalue weighted by Crippen LogP contribution is -2.30. The first kappa shape index (κ1) is 40.8. The molecule has 0 atom stereocenters. The molecule has 352 valence electrons. The van der Waals surface area contributed by atoms with Crippen LogP contribution in [0.25, 0.3) is 61.0 Å². The van der Waals surface area contributed by atoms with Crippen molar-refractivity contribution in [2.45, 2.75) is 38.5 Å². The van der Waals surface area contributed by atoms with Gasteiger partial charge in [-0.2, -0.15) is 0 Å². The fourth-order valence-corrected chi connectivity index (χ4v) is 11.4. The Kier molecular flexibility index (Phi) is 9.73. The van der Waals surface area contributed by atoms with Crippen molar-refractivity contribution >= 4 is 33.2 Å². The molecule has 5 heteroatoms. The summed E-state index contributed by atoms with van der Waals surface area (Å²) in [6.07, 6.45) is 6.24. The van der Waals surface area contributed by atoms with Gasteiger partial charge in [-0.15, -0.1) is 0 Å². The Balaban J connectivity index is 0.909. The first-order valence-electron chi connectivity index (χ1n) is 26.5. The van der Waals surface area contributed by atoms with Crippen molar-refractivity contribution in [1.29, 1.82) is 0 Å². The van der Waals surface area contributed by atoms with Crippen LogP contribution in [0.3, 0.4) is 0 Å². The van der Waals surface area contributed by atoms with E-state index in [2.05, 4.69) is 242 Å². The van der Waals surface area contributed by atoms with Crippen LogP contribution >= 0.6 is 0 Å². The highest BCUT2D eigenvalue weighted by Crippen LogP contribution is 2.58. The number of aryl methyl sites for hydroxylation is 1. The van der Waals surface area contributed by atoms with Gasteiger partial charge in [-0.1, -0.05) is 184 Å². The first-order chi connectivity index (χ1) is 36.9. The molecule has 2 aliphatic rings. The van der Waals surface area contributed by atoms with Crippen molar-refractivity contribution in [3.63, 3.8) is 0 Å². The van der Waals surface area contributed by atoms with Gasteiger partial charge in [0.15, 0.2) is 0 Å². The van der Waals surface area contributed by atoms with E-state index in [-0.39, 0.29) is 5.41 Å². The van der Waals surface area contributed by atoms with Crippen molar-refractivity contribution in [3.05, 3.63) is 276 Å². The number of aromatic nitrogens is 2. The van der Waals surface area contributed by atoms with Gasteiger partial charge in [-0.25, -0.2) is 4.98 Å². The minimum Gasteiger partial charge on any atom is -0.457 e. The lowest BCUT2D eigenvalue weighted by atomic mass is 9.66. The molecule has 0 saturated heterocycles. The topological polar surface area (TPSA) is 33.5 Å². The minimum absolute atomic E-state index is 0.0316. The van der Waals surface area contributed by atoms with E-state index in [0.29, 0.717) is 12.2 Å². The van der Waals surface area contributed by atoms with Crippen LogP contribution in [0.15, 0.2) is 243 Å². The maximum absolute atomic E-state index is 8.28. The molecule has 0 N–H and O–H groups in total. The Morgan fingerprint density at radius 1 is 0.507 bits per heavy atom. The zero-order valence-corrected chi connectivity index (χ0v) is 41.0. The van der Waals surface area contributed by atoms with Gasteiger partial charge in [0.2, 0.25) is 0 Å². The van der Waals surface area contributed by atoms with Gasteiger partial charge in [-0.3, -0.25) is 4.57 Å². The Morgan fingerprint density at radius 3 is 1.81 bits per heavy atom. The van der Waals surface area contributed by atoms with Crippen LogP contribution < -0.4 is 14.5 Å². The number of hydrogen-bond acceptors (Lipinski definition) is 4. The number of anilines is 2. The molecule has 0 amide bonds. The molecule has 9 aromatic carbocycles. The van der Waals surface area contributed by atoms with Crippen LogP contribution in [0, 0.1) is 6.85 Å². The molecule has 0 saturated carbocycles. The predicted octanol–water partition coefficient (Wildman–Crippen LogP) is 17.0. The third-order valence-corrected chi connectivity index (χ3v) is 14.9. The van der Waals surface area contributed by atoms with Gasteiger partial charge in [0, 0.05) is 62.4 Å². The molecular formula is C68H54N4O. The molecule has 0 radical (unpaired) electrons. The lowest BCUT2D eigenvalue weighted by Gasteiger charge is -2.36. The van der Waals surface area contributed by atoms with E-state index in [4.69, 9.17) is 13.8 Å². The molecular weight excluding hydrogens is 889 g/mol. The normalized spacial score (nSPS) is 14.5. The van der Waals surface area contributed by atoms with Crippen LogP contribution in [0.1, 0.15) is 58.3 Å². The Labute approximate surface area is 431 Å². The molecule has 5 nitrogen and oxygen atoms in total. The van der Waals surface area contributed by atoms with Gasteiger partial charge in [0.05, 0.1) is 28.8 Å². The summed E-state index contributed by atoms with van der Waals surface area (Å²) in [5.74, 6) is 2.34. The van der Waals surface area contributed by atoms with E-state index in [1.54, 1.807) is 12.1 Å². The number of pyridine rings is 1. The van der Waals surface area contributed by atoms with Crippen molar-refractivity contribution in [1.82, 2.24) is 9.55 Å². The van der Waals surface area contributed by atoms with E-state index in [9.17, 15) is 0 Å². The van der Waals surface area contributed by atoms with Gasteiger partial charge >= 0.3 is 0 Å². The summed E-state index contributed by atoms with van der Waals surface area (Å²) >= 11 is 0. The molecule has 3 heterocycles. The SMILES string of the molecule is [2H]C([2H])([2H])c1ccc(C2(c3cc(-c4ccccc4)c(N4C=CN(c5cccc(Oc6ccc7c8ccccc8n(-c8cc(C(C)(C)C)ccn8)c7c6)c5)C4)c(-c4ccccc4)c3)c3ccccc3-c3ccccc32)cc1. The van der Waals surface area contributed by atoms with E-state index < -0.39 is 12.3 Å². The van der Waals surface area contributed by atoms with E-state index in [1.807, 2.05) is 24.4 Å². The number of rotatable bonds is 9. The van der Waals surface area contributed by atoms with Crippen LogP contribution in [-0.2, 0) is 10.8 Å². The number of benzene rings is 9. The highest BCUT2D eigenvalue weighted by atomic mass is 16.5. The third-order valence-electron chi connectivity index (χ3n) is 14.9. The number of para-hydroxylation sites is 1. The second-order valence-electron chi connectivity index (χ2n) is 20.2. The monoisotopic (exact) mass is 945 g/mol. The number of hydrogen-bond donors (Lipinski definition) is 0. The third kappa shape index (κ3) is 7.42. The zero-order chi connectivity index (χ0) is 51.8. The van der Waals surface area contributed by atoms with Crippen LogP contribution in [-0.4, -0.2) is 16.2 Å². The van der Waals surface area contributed by atoms with E-state index in [0.717, 1.165) is 106 Å². The summed E-state index contributed by atoms with van der Waals surface area (Å²) in [6, 6.07) is 78.5. The molecule has 0 bridgehead atoms. The molecule has 73 heavy (non-hydrogen) atoms. The quantitative estimate of drug-likeness (QED) is 0.144. The van der Waals surface area contributed by atoms with Crippen molar-refractivity contribution in [3.8, 4) is 50.7 Å². The fourth-order valence-electron chi connectivity index (χ4n) is 11.4. The first-order valence-corrected chi connectivity index (χ1v) is 25.0. The summed E-state index contributed by atoms with van der Waals surface area (Å²) in [5.41, 5.74) is 16.0. The van der Waals surface area contributed by atoms with Gasteiger partial charge < -0.3 is 14.5 Å². The maximum Gasteiger partial charge on any atom is 0.137 e. The van der Waals surface area contributed by atoms with E-state index >= 15 is 0 Å². The fraction of sp³-hybridized carbons (Fsp3) is 0.103. The molecule has 0 unspecified atom stereocenters. The summed E-state index contributed by atoms with van der Waals surface area (Å²) in [4.78, 5) is 9.51. The zero-order valence-electron chi connectivity index (χ0n) is 44.0. The standard InChI is InChI=1S/C68H54N4O/c1-46-30-32-49(33-31-46)68(61-27-14-11-24-55(61)56-25-12-15-28-62(56)68)51-40-59(47-18-7-5-8-19-47)66(60(41-51)48-20-9-6-10-21-48)71-39-38-70(45-71)52-22-17-23-53(43-52)73-54-34-35-58-57-26-13-16-29-63(57)72(64(58)44-54)65-42-50(36-37-69-65)67(2,3)4/h5-44H,45H2,1-4H3/i1D3. The average molecular weight is 946 g/mol. The van der Waals surface area contributed by atoms with Gasteiger partial charge in [-0.05, 0) is 117 Å². The van der Waals surface area contributed by atoms with Crippen molar-refractivity contribution < 1.29 is 8.85 Å². The van der Waals surface area contributed by atoms with E-state index in [1.165, 1.54) is 5.56 Å². The maximum atomic E-state index is 8.28. The lowest BCUT2D eigenvalue weighted by molar-refractivity contribution is 0.483. The molecule has 13 rings (SSSR count). The summed E-state index contributed by atoms with van der Waals surface area (Å²) in [6.45, 7) is 5.00. The van der Waals surface area contributed by atoms with Crippen LogP contribution in [0.5, 0.6) is 11.5 Å². The molecule has 11 aromatic rings. The second kappa shape index (κ2) is 17.4. The summed E-state index contributed by atoms with van der Waals surface area (Å²) < 4.78 is 33.9. The minimum atomic E-state index is -2.23. The highest BCUT2D eigenvalue weighted by Gasteiger charge is 2.46. The Hall–Kier alpha value is -8.93. The van der Waals surface area contributed by atoms with Gasteiger partial charge in [0.1, 0.15) is 17.3 Å². The predicted molar refractivity (Wildman–Crippen MR) is 302 cm³/mol.